The van der Waals surface area contributed by atoms with E-state index in [1.807, 2.05) is 0 Å². The van der Waals surface area contributed by atoms with Crippen molar-refractivity contribution in [2.45, 2.75) is 90.8 Å². The van der Waals surface area contributed by atoms with Crippen molar-refractivity contribution in [1.29, 1.82) is 0 Å². The SMILES string of the molecule is CC1(C)COC2(CC[C@@]3(CCO)[C@H](CC[C@@H]4[C@@H]3CC[C@]3(C)C(=O)CC[C@@H]43)C2)OC1. The van der Waals surface area contributed by atoms with Gasteiger partial charge in [-0.2, -0.15) is 0 Å². The van der Waals surface area contributed by atoms with Crippen molar-refractivity contribution in [2.24, 2.45) is 39.9 Å². The summed E-state index contributed by atoms with van der Waals surface area (Å²) < 4.78 is 12.8. The minimum absolute atomic E-state index is 0.0640. The zero-order valence-electron chi connectivity index (χ0n) is 18.7. The maximum absolute atomic E-state index is 12.7. The molecule has 4 saturated carbocycles. The average molecular weight is 405 g/mol. The highest BCUT2D eigenvalue weighted by Crippen LogP contribution is 2.67. The molecule has 0 aromatic heterocycles. The second-order valence-electron chi connectivity index (χ2n) is 12.1. The van der Waals surface area contributed by atoms with Crippen LogP contribution in [0.4, 0.5) is 0 Å². The van der Waals surface area contributed by atoms with E-state index in [1.54, 1.807) is 0 Å². The molecule has 0 amide bonds. The fourth-order valence-corrected chi connectivity index (χ4v) is 8.48. The summed E-state index contributed by atoms with van der Waals surface area (Å²) in [5.41, 5.74) is 0.256. The number of carbonyl (C=O) groups excluding carboxylic acids is 1. The lowest BCUT2D eigenvalue weighted by atomic mass is 9.43. The van der Waals surface area contributed by atoms with Gasteiger partial charge in [-0.05, 0) is 74.0 Å². The van der Waals surface area contributed by atoms with E-state index < -0.39 is 5.79 Å². The summed E-state index contributed by atoms with van der Waals surface area (Å²) in [5.74, 6) is 2.61. The largest absolute Gasteiger partial charge is 0.396 e. The zero-order chi connectivity index (χ0) is 20.5. The molecular formula is C25H40O4. The van der Waals surface area contributed by atoms with E-state index >= 15 is 0 Å². The van der Waals surface area contributed by atoms with E-state index in [9.17, 15) is 9.90 Å². The normalized spacial score (nSPS) is 48.1. The van der Waals surface area contributed by atoms with Gasteiger partial charge in [0.15, 0.2) is 5.79 Å². The summed E-state index contributed by atoms with van der Waals surface area (Å²) >= 11 is 0. The van der Waals surface area contributed by atoms with Crippen LogP contribution >= 0.6 is 0 Å². The molecule has 6 atom stereocenters. The molecule has 29 heavy (non-hydrogen) atoms. The van der Waals surface area contributed by atoms with Crippen molar-refractivity contribution < 1.29 is 19.4 Å². The quantitative estimate of drug-likeness (QED) is 0.723. The van der Waals surface area contributed by atoms with Crippen LogP contribution in [0.2, 0.25) is 0 Å². The van der Waals surface area contributed by atoms with Crippen molar-refractivity contribution in [2.75, 3.05) is 19.8 Å². The fourth-order valence-electron chi connectivity index (χ4n) is 8.48. The Morgan fingerprint density at radius 3 is 2.45 bits per heavy atom. The lowest BCUT2D eigenvalue weighted by Crippen LogP contribution is -2.60. The third kappa shape index (κ3) is 2.99. The molecular weight excluding hydrogens is 364 g/mol. The van der Waals surface area contributed by atoms with E-state index in [1.165, 1.54) is 19.3 Å². The first-order chi connectivity index (χ1) is 13.7. The monoisotopic (exact) mass is 404 g/mol. The van der Waals surface area contributed by atoms with Crippen LogP contribution in [0.25, 0.3) is 0 Å². The first-order valence-electron chi connectivity index (χ1n) is 12.2. The third-order valence-corrected chi connectivity index (χ3v) is 10.1. The molecule has 0 unspecified atom stereocenters. The molecule has 5 rings (SSSR count). The maximum Gasteiger partial charge on any atom is 0.168 e. The van der Waals surface area contributed by atoms with Crippen LogP contribution in [0, 0.1) is 39.9 Å². The van der Waals surface area contributed by atoms with Crippen LogP contribution in [0.5, 0.6) is 0 Å². The first kappa shape index (κ1) is 20.5. The average Bonchev–Trinajstić information content (AvgIpc) is 3.00. The summed E-state index contributed by atoms with van der Waals surface area (Å²) in [5, 5.41) is 10.1. The number of aliphatic hydroxyl groups excluding tert-OH is 1. The maximum atomic E-state index is 12.7. The highest BCUT2D eigenvalue weighted by atomic mass is 16.7. The molecule has 1 heterocycles. The van der Waals surface area contributed by atoms with Gasteiger partial charge in [-0.3, -0.25) is 4.79 Å². The molecule has 1 N–H and O–H groups in total. The number of aliphatic hydroxyl groups is 1. The van der Waals surface area contributed by atoms with Gasteiger partial charge in [0.05, 0.1) is 13.2 Å². The number of rotatable bonds is 2. The summed E-state index contributed by atoms with van der Waals surface area (Å²) in [7, 11) is 0. The summed E-state index contributed by atoms with van der Waals surface area (Å²) in [4.78, 5) is 12.7. The lowest BCUT2D eigenvalue weighted by Gasteiger charge is -2.63. The fraction of sp³-hybridized carbons (Fsp3) is 0.960. The Labute approximate surface area is 176 Å². The van der Waals surface area contributed by atoms with Gasteiger partial charge in [-0.1, -0.05) is 20.8 Å². The molecule has 0 radical (unpaired) electrons. The Morgan fingerprint density at radius 2 is 1.72 bits per heavy atom. The molecule has 1 spiro atoms. The van der Waals surface area contributed by atoms with Gasteiger partial charge in [-0.25, -0.2) is 0 Å². The summed E-state index contributed by atoms with van der Waals surface area (Å²) in [6.07, 6.45) is 10.6. The number of hydrogen-bond donors (Lipinski definition) is 1. The predicted octanol–water partition coefficient (Wildman–Crippen LogP) is 4.73. The molecule has 1 aliphatic heterocycles. The molecule has 0 bridgehead atoms. The first-order valence-corrected chi connectivity index (χ1v) is 12.2. The molecule has 1 saturated heterocycles. The second-order valence-corrected chi connectivity index (χ2v) is 12.1. The van der Waals surface area contributed by atoms with E-state index in [4.69, 9.17) is 9.47 Å². The Hall–Kier alpha value is -0.450. The Morgan fingerprint density at radius 1 is 0.966 bits per heavy atom. The van der Waals surface area contributed by atoms with Crippen molar-refractivity contribution in [3.8, 4) is 0 Å². The molecule has 5 aliphatic rings. The van der Waals surface area contributed by atoms with Crippen molar-refractivity contribution in [3.63, 3.8) is 0 Å². The minimum atomic E-state index is -0.390. The molecule has 4 aliphatic carbocycles. The van der Waals surface area contributed by atoms with E-state index in [0.717, 1.165) is 58.2 Å². The summed E-state index contributed by atoms with van der Waals surface area (Å²) in [6.45, 7) is 8.53. The second kappa shape index (κ2) is 6.77. The van der Waals surface area contributed by atoms with Gasteiger partial charge in [0.25, 0.3) is 0 Å². The highest BCUT2D eigenvalue weighted by molar-refractivity contribution is 5.87. The van der Waals surface area contributed by atoms with Gasteiger partial charge >= 0.3 is 0 Å². The van der Waals surface area contributed by atoms with Crippen molar-refractivity contribution >= 4 is 5.78 Å². The Kier molecular flexibility index (Phi) is 4.78. The van der Waals surface area contributed by atoms with Crippen LogP contribution in [-0.4, -0.2) is 36.5 Å². The standard InChI is InChI=1S/C25H40O4/c1-22(2)15-28-25(29-16-22)11-10-24(12-13-26)17(14-25)4-5-18-19-6-7-21(27)23(19,3)9-8-20(18)24/h17-20,26H,4-16H2,1-3H3/t17-,18+,19+,20+,23+,24-/m1/s1. The predicted molar refractivity (Wildman–Crippen MR) is 111 cm³/mol. The van der Waals surface area contributed by atoms with Crippen LogP contribution < -0.4 is 0 Å². The van der Waals surface area contributed by atoms with Crippen LogP contribution in [0.1, 0.15) is 85.0 Å². The molecule has 0 aromatic carbocycles. The minimum Gasteiger partial charge on any atom is -0.396 e. The summed E-state index contributed by atoms with van der Waals surface area (Å²) in [6, 6.07) is 0. The van der Waals surface area contributed by atoms with Gasteiger partial charge in [0.2, 0.25) is 0 Å². The zero-order valence-corrected chi connectivity index (χ0v) is 18.7. The number of fused-ring (bicyclic) bond motifs is 5. The van der Waals surface area contributed by atoms with Crippen molar-refractivity contribution in [1.82, 2.24) is 0 Å². The number of carbonyl (C=O) groups is 1. The molecule has 4 nitrogen and oxygen atoms in total. The number of ether oxygens (including phenoxy) is 2. The topological polar surface area (TPSA) is 55.8 Å². The molecule has 0 aromatic rings. The molecule has 164 valence electrons. The van der Waals surface area contributed by atoms with Crippen molar-refractivity contribution in [3.05, 3.63) is 0 Å². The highest BCUT2D eigenvalue weighted by Gasteiger charge is 2.63. The molecule has 4 heteroatoms. The smallest absolute Gasteiger partial charge is 0.168 e. The Balaban J connectivity index is 1.40. The van der Waals surface area contributed by atoms with Gasteiger partial charge in [0, 0.05) is 36.7 Å². The van der Waals surface area contributed by atoms with Crippen LogP contribution in [0.15, 0.2) is 0 Å². The van der Waals surface area contributed by atoms with Gasteiger partial charge in [0.1, 0.15) is 5.78 Å². The van der Waals surface area contributed by atoms with Gasteiger partial charge in [-0.15, -0.1) is 0 Å². The van der Waals surface area contributed by atoms with E-state index in [-0.39, 0.29) is 22.9 Å². The van der Waals surface area contributed by atoms with Crippen LogP contribution in [0.3, 0.4) is 0 Å². The third-order valence-electron chi connectivity index (χ3n) is 10.1. The van der Waals surface area contributed by atoms with E-state index in [2.05, 4.69) is 20.8 Å². The lowest BCUT2D eigenvalue weighted by molar-refractivity contribution is -0.331. The number of hydrogen-bond acceptors (Lipinski definition) is 4. The Bertz CT molecular complexity index is 662. The number of Topliss-reactive ketones (excluding diaryl/α,β-unsaturated/α-hetero) is 1. The van der Waals surface area contributed by atoms with Crippen LogP contribution in [-0.2, 0) is 14.3 Å². The van der Waals surface area contributed by atoms with E-state index in [0.29, 0.717) is 29.5 Å². The van der Waals surface area contributed by atoms with Gasteiger partial charge < -0.3 is 14.6 Å². The number of ketones is 1. The molecule has 5 fully saturated rings.